The zero-order valence-corrected chi connectivity index (χ0v) is 11.2. The lowest BCUT2D eigenvalue weighted by molar-refractivity contribution is 0.151. The summed E-state index contributed by atoms with van der Waals surface area (Å²) in [7, 11) is 0. The zero-order valence-electron chi connectivity index (χ0n) is 9.59. The molecule has 1 N–H and O–H groups in total. The molecule has 0 aliphatic carbocycles. The van der Waals surface area contributed by atoms with E-state index >= 15 is 0 Å². The first kappa shape index (κ1) is 12.2. The predicted molar refractivity (Wildman–Crippen MR) is 67.2 cm³/mol. The number of carbonyl (C=O) groups is 1. The van der Waals surface area contributed by atoms with E-state index in [2.05, 4.69) is 27.3 Å². The second-order valence-electron chi connectivity index (χ2n) is 3.73. The van der Waals surface area contributed by atoms with Crippen molar-refractivity contribution in [1.29, 1.82) is 0 Å². The van der Waals surface area contributed by atoms with Crippen LogP contribution in [0.15, 0.2) is 16.6 Å². The monoisotopic (exact) mass is 299 g/mol. The molecule has 1 aromatic carbocycles. The summed E-state index contributed by atoms with van der Waals surface area (Å²) in [5, 5.41) is 2.69. The molecule has 4 nitrogen and oxygen atoms in total. The summed E-state index contributed by atoms with van der Waals surface area (Å²) in [4.78, 5) is 11.2. The summed E-state index contributed by atoms with van der Waals surface area (Å²) in [6.07, 6.45) is 0.514. The molecular weight excluding hydrogens is 286 g/mol. The second-order valence-corrected chi connectivity index (χ2v) is 4.64. The van der Waals surface area contributed by atoms with Crippen LogP contribution in [0.25, 0.3) is 0 Å². The highest BCUT2D eigenvalue weighted by Gasteiger charge is 2.17. The van der Waals surface area contributed by atoms with E-state index in [1.165, 1.54) is 5.56 Å². The second kappa shape index (κ2) is 5.40. The van der Waals surface area contributed by atoms with Crippen molar-refractivity contribution in [2.24, 2.45) is 0 Å². The first-order valence-electron chi connectivity index (χ1n) is 5.55. The van der Waals surface area contributed by atoms with Crippen molar-refractivity contribution >= 4 is 22.0 Å². The third-order valence-electron chi connectivity index (χ3n) is 2.52. The maximum absolute atomic E-state index is 11.2. The molecule has 1 aliphatic rings. The Morgan fingerprint density at radius 1 is 1.59 bits per heavy atom. The Hall–Kier alpha value is -1.23. The van der Waals surface area contributed by atoms with Crippen LogP contribution in [-0.4, -0.2) is 19.3 Å². The average molecular weight is 300 g/mol. The van der Waals surface area contributed by atoms with Crippen LogP contribution >= 0.6 is 15.9 Å². The van der Waals surface area contributed by atoms with Gasteiger partial charge in [0.1, 0.15) is 5.75 Å². The van der Waals surface area contributed by atoms with E-state index in [0.29, 0.717) is 19.8 Å². The smallest absolute Gasteiger partial charge is 0.407 e. The molecule has 5 heteroatoms. The van der Waals surface area contributed by atoms with Gasteiger partial charge in [0.25, 0.3) is 0 Å². The van der Waals surface area contributed by atoms with Gasteiger partial charge in [-0.3, -0.25) is 0 Å². The zero-order chi connectivity index (χ0) is 12.3. The van der Waals surface area contributed by atoms with E-state index < -0.39 is 6.09 Å². The molecular formula is C12H14BrNO3. The molecule has 0 bridgehead atoms. The molecule has 92 valence electrons. The van der Waals surface area contributed by atoms with Crippen molar-refractivity contribution in [1.82, 2.24) is 5.32 Å². The molecule has 1 heterocycles. The van der Waals surface area contributed by atoms with Gasteiger partial charge in [-0.05, 0) is 24.6 Å². The Morgan fingerprint density at radius 2 is 2.41 bits per heavy atom. The van der Waals surface area contributed by atoms with E-state index in [9.17, 15) is 4.79 Å². The summed E-state index contributed by atoms with van der Waals surface area (Å²) in [6, 6.07) is 4.01. The highest BCUT2D eigenvalue weighted by atomic mass is 79.9. The fourth-order valence-electron chi connectivity index (χ4n) is 1.83. The number of fused-ring (bicyclic) bond motifs is 1. The van der Waals surface area contributed by atoms with Gasteiger partial charge >= 0.3 is 6.09 Å². The quantitative estimate of drug-likeness (QED) is 0.933. The lowest BCUT2D eigenvalue weighted by Gasteiger charge is -2.10. The van der Waals surface area contributed by atoms with Crippen LogP contribution in [0, 0.1) is 0 Å². The number of hydrogen-bond donors (Lipinski definition) is 1. The topological polar surface area (TPSA) is 47.6 Å². The molecule has 0 spiro atoms. The molecule has 2 rings (SSSR count). The van der Waals surface area contributed by atoms with Crippen LogP contribution in [0.3, 0.4) is 0 Å². The predicted octanol–water partition coefficient (Wildman–Crippen LogP) is 2.63. The maximum atomic E-state index is 11.2. The third-order valence-corrected chi connectivity index (χ3v) is 2.98. The van der Waals surface area contributed by atoms with E-state index in [0.717, 1.165) is 22.2 Å². The number of alkyl carbamates (subject to hydrolysis) is 1. The van der Waals surface area contributed by atoms with Gasteiger partial charge < -0.3 is 14.8 Å². The standard InChI is InChI=1S/C12H14BrNO3/c1-2-16-12(15)14-7-9-6-10(13)5-8-3-4-17-11(8)9/h5-6H,2-4,7H2,1H3,(H,14,15). The lowest BCUT2D eigenvalue weighted by Crippen LogP contribution is -2.23. The Kier molecular flexibility index (Phi) is 3.89. The SMILES string of the molecule is CCOC(=O)NCc1cc(Br)cc2c1OCC2. The van der Waals surface area contributed by atoms with Gasteiger partial charge in [0, 0.05) is 23.0 Å². The van der Waals surface area contributed by atoms with Crippen LogP contribution in [-0.2, 0) is 17.7 Å². The molecule has 1 amide bonds. The summed E-state index contributed by atoms with van der Waals surface area (Å²) < 4.78 is 11.4. The molecule has 0 saturated heterocycles. The molecule has 1 aromatic rings. The fourth-order valence-corrected chi connectivity index (χ4v) is 2.38. The molecule has 0 saturated carbocycles. The number of hydrogen-bond acceptors (Lipinski definition) is 3. The van der Waals surface area contributed by atoms with E-state index in [-0.39, 0.29) is 0 Å². The number of benzene rings is 1. The molecule has 17 heavy (non-hydrogen) atoms. The van der Waals surface area contributed by atoms with Gasteiger partial charge in [-0.2, -0.15) is 0 Å². The van der Waals surface area contributed by atoms with E-state index in [4.69, 9.17) is 9.47 Å². The summed E-state index contributed by atoms with van der Waals surface area (Å²) in [6.45, 7) is 3.28. The molecule has 0 aromatic heterocycles. The largest absolute Gasteiger partial charge is 0.493 e. The minimum atomic E-state index is -0.403. The van der Waals surface area contributed by atoms with Gasteiger partial charge in [0.15, 0.2) is 0 Å². The molecule has 1 aliphatic heterocycles. The Morgan fingerprint density at radius 3 is 3.18 bits per heavy atom. The van der Waals surface area contributed by atoms with Crippen molar-refractivity contribution < 1.29 is 14.3 Å². The van der Waals surface area contributed by atoms with E-state index in [1.54, 1.807) is 6.92 Å². The van der Waals surface area contributed by atoms with Crippen LogP contribution in [0.4, 0.5) is 4.79 Å². The summed E-state index contributed by atoms with van der Waals surface area (Å²) in [5.41, 5.74) is 2.15. The normalized spacial score (nSPS) is 12.8. The number of nitrogens with one attached hydrogen (secondary N) is 1. The highest BCUT2D eigenvalue weighted by Crippen LogP contribution is 2.32. The van der Waals surface area contributed by atoms with Crippen molar-refractivity contribution in [3.05, 3.63) is 27.7 Å². The van der Waals surface area contributed by atoms with Crippen molar-refractivity contribution in [2.45, 2.75) is 19.9 Å². The lowest BCUT2D eigenvalue weighted by atomic mass is 10.1. The first-order chi connectivity index (χ1) is 8.20. The van der Waals surface area contributed by atoms with Crippen molar-refractivity contribution in [3.8, 4) is 5.75 Å². The van der Waals surface area contributed by atoms with Crippen LogP contribution in [0.5, 0.6) is 5.75 Å². The number of carbonyl (C=O) groups excluding carboxylic acids is 1. The highest BCUT2D eigenvalue weighted by molar-refractivity contribution is 9.10. The van der Waals surface area contributed by atoms with Gasteiger partial charge in [0.05, 0.1) is 13.2 Å². The molecule has 0 radical (unpaired) electrons. The Balaban J connectivity index is 2.08. The minimum absolute atomic E-state index is 0.374. The summed E-state index contributed by atoms with van der Waals surface area (Å²) in [5.74, 6) is 0.894. The number of amides is 1. The van der Waals surface area contributed by atoms with Crippen LogP contribution in [0.1, 0.15) is 18.1 Å². The Bertz CT molecular complexity index is 434. The fraction of sp³-hybridized carbons (Fsp3) is 0.417. The average Bonchev–Trinajstić information content (AvgIpc) is 2.74. The van der Waals surface area contributed by atoms with Crippen molar-refractivity contribution in [2.75, 3.05) is 13.2 Å². The first-order valence-corrected chi connectivity index (χ1v) is 6.34. The Labute approximate surface area is 108 Å². The number of ether oxygens (including phenoxy) is 2. The van der Waals surface area contributed by atoms with Crippen LogP contribution < -0.4 is 10.1 Å². The summed E-state index contributed by atoms with van der Waals surface area (Å²) >= 11 is 3.45. The minimum Gasteiger partial charge on any atom is -0.493 e. The van der Waals surface area contributed by atoms with Crippen molar-refractivity contribution in [3.63, 3.8) is 0 Å². The van der Waals surface area contributed by atoms with Gasteiger partial charge in [0.2, 0.25) is 0 Å². The maximum Gasteiger partial charge on any atom is 0.407 e. The molecule has 0 unspecified atom stereocenters. The van der Waals surface area contributed by atoms with Gasteiger partial charge in [-0.25, -0.2) is 4.79 Å². The molecule has 0 atom stereocenters. The van der Waals surface area contributed by atoms with Gasteiger partial charge in [-0.1, -0.05) is 15.9 Å². The van der Waals surface area contributed by atoms with E-state index in [1.807, 2.05) is 6.07 Å². The van der Waals surface area contributed by atoms with Gasteiger partial charge in [-0.15, -0.1) is 0 Å². The van der Waals surface area contributed by atoms with Crippen LogP contribution in [0.2, 0.25) is 0 Å². The number of halogens is 1. The third kappa shape index (κ3) is 2.91. The number of rotatable bonds is 3. The molecule has 0 fully saturated rings.